The Labute approximate surface area is 318 Å². The summed E-state index contributed by atoms with van der Waals surface area (Å²) >= 11 is 0. The molecule has 5 aromatic rings. The lowest BCUT2D eigenvalue weighted by molar-refractivity contribution is -0.110. The maximum atomic E-state index is 14.8. The predicted molar refractivity (Wildman–Crippen MR) is 213 cm³/mol. The van der Waals surface area contributed by atoms with Gasteiger partial charge in [-0.3, -0.25) is 9.79 Å². The predicted octanol–water partition coefficient (Wildman–Crippen LogP) is 10.6. The standard InChI is InChI=1S/C49H36F2N2O2/c1-48(2)40-14-8-9-15-41(40)53(3)42(48)28-52-45-36-13-7-6-12-35(36)43-38(46(45)54)24-25-39-44(43)34-11-5-4-10-33(34)37-26-27-49(55-47(37)39,29-16-20-31(50)21-17-29)30-18-22-32(51)23-19-30/h4-28,43-44H,1-3H3/b42-28-,52-45?/t43-,44-/m0/s1. The van der Waals surface area contributed by atoms with Gasteiger partial charge in [0.15, 0.2) is 5.60 Å². The third kappa shape index (κ3) is 4.80. The van der Waals surface area contributed by atoms with Crippen molar-refractivity contribution in [3.05, 3.63) is 225 Å². The Morgan fingerprint density at radius 1 is 0.709 bits per heavy atom. The Morgan fingerprint density at radius 2 is 1.27 bits per heavy atom. The zero-order chi connectivity index (χ0) is 37.6. The van der Waals surface area contributed by atoms with Crippen molar-refractivity contribution in [1.29, 1.82) is 0 Å². The molecule has 0 saturated heterocycles. The minimum absolute atomic E-state index is 0.0968. The van der Waals surface area contributed by atoms with E-state index in [0.717, 1.165) is 44.8 Å². The van der Waals surface area contributed by atoms with E-state index in [9.17, 15) is 13.6 Å². The smallest absolute Gasteiger partial charge is 0.208 e. The number of ether oxygens (including phenoxy) is 1. The number of ketones is 1. The van der Waals surface area contributed by atoms with E-state index < -0.39 is 5.60 Å². The van der Waals surface area contributed by atoms with Gasteiger partial charge in [0.25, 0.3) is 0 Å². The molecular formula is C49H36F2N2O2. The van der Waals surface area contributed by atoms with E-state index in [4.69, 9.17) is 9.73 Å². The summed E-state index contributed by atoms with van der Waals surface area (Å²) in [5, 5.41) is 0. The van der Waals surface area contributed by atoms with Crippen molar-refractivity contribution in [3.8, 4) is 0 Å². The lowest BCUT2D eigenvalue weighted by Crippen LogP contribution is -2.38. The van der Waals surface area contributed by atoms with Crippen LogP contribution in [0.1, 0.15) is 64.6 Å². The van der Waals surface area contributed by atoms with Gasteiger partial charge in [-0.1, -0.05) is 117 Å². The summed E-state index contributed by atoms with van der Waals surface area (Å²) in [5.41, 5.74) is 10.3. The average Bonchev–Trinajstić information content (AvgIpc) is 3.41. The molecule has 6 heteroatoms. The van der Waals surface area contributed by atoms with Gasteiger partial charge in [0.1, 0.15) is 23.1 Å². The normalized spacial score (nSPS) is 22.5. The highest BCUT2D eigenvalue weighted by molar-refractivity contribution is 6.53. The number of para-hydroxylation sites is 1. The van der Waals surface area contributed by atoms with Gasteiger partial charge in [0.2, 0.25) is 5.78 Å². The summed E-state index contributed by atoms with van der Waals surface area (Å²) in [6.45, 7) is 4.38. The van der Waals surface area contributed by atoms with Gasteiger partial charge in [-0.25, -0.2) is 8.78 Å². The quantitative estimate of drug-likeness (QED) is 0.186. The number of rotatable bonds is 3. The molecule has 5 aromatic carbocycles. The summed E-state index contributed by atoms with van der Waals surface area (Å²) in [6.07, 6.45) is 9.88. The highest BCUT2D eigenvalue weighted by Crippen LogP contribution is 2.58. The van der Waals surface area contributed by atoms with Crippen LogP contribution in [0.2, 0.25) is 0 Å². The molecule has 268 valence electrons. The van der Waals surface area contributed by atoms with E-state index in [-0.39, 0.29) is 34.7 Å². The molecule has 2 atom stereocenters. The molecule has 0 fully saturated rings. The summed E-state index contributed by atoms with van der Waals surface area (Å²) in [5.74, 6) is -0.696. The van der Waals surface area contributed by atoms with Gasteiger partial charge in [-0.2, -0.15) is 0 Å². The Morgan fingerprint density at radius 3 is 1.95 bits per heavy atom. The Kier molecular flexibility index (Phi) is 7.27. The van der Waals surface area contributed by atoms with Crippen LogP contribution in [0.4, 0.5) is 14.5 Å². The maximum absolute atomic E-state index is 14.8. The summed E-state index contributed by atoms with van der Waals surface area (Å²) in [7, 11) is 2.05. The first-order valence-electron chi connectivity index (χ1n) is 18.6. The highest BCUT2D eigenvalue weighted by Gasteiger charge is 2.49. The second-order valence-corrected chi connectivity index (χ2v) is 15.3. The molecular weight excluding hydrogens is 687 g/mol. The minimum atomic E-state index is -1.17. The van der Waals surface area contributed by atoms with Gasteiger partial charge in [0, 0.05) is 75.3 Å². The van der Waals surface area contributed by atoms with Crippen LogP contribution in [-0.4, -0.2) is 18.5 Å². The summed E-state index contributed by atoms with van der Waals surface area (Å²) in [6, 6.07) is 37.3. The molecule has 55 heavy (non-hydrogen) atoms. The number of anilines is 1. The molecule has 2 heterocycles. The van der Waals surface area contributed by atoms with Crippen LogP contribution in [0.3, 0.4) is 0 Å². The largest absolute Gasteiger partial charge is 0.473 e. The fraction of sp³-hybridized carbons (Fsp3) is 0.143. The topological polar surface area (TPSA) is 41.9 Å². The number of fused-ring (bicyclic) bond motifs is 10. The van der Waals surface area contributed by atoms with E-state index in [1.54, 1.807) is 24.3 Å². The zero-order valence-electron chi connectivity index (χ0n) is 30.6. The molecule has 0 radical (unpaired) electrons. The van der Waals surface area contributed by atoms with Crippen LogP contribution in [0.5, 0.6) is 0 Å². The van der Waals surface area contributed by atoms with Crippen molar-refractivity contribution in [2.24, 2.45) is 4.99 Å². The molecule has 0 amide bonds. The van der Waals surface area contributed by atoms with Crippen molar-refractivity contribution >= 4 is 22.8 Å². The number of likely N-dealkylation sites (N-methyl/N-ethyl adjacent to an activating group) is 1. The van der Waals surface area contributed by atoms with E-state index in [0.29, 0.717) is 28.2 Å². The number of hydrogen-bond acceptors (Lipinski definition) is 4. The minimum Gasteiger partial charge on any atom is -0.473 e. The highest BCUT2D eigenvalue weighted by atomic mass is 19.1. The van der Waals surface area contributed by atoms with Crippen LogP contribution in [0.25, 0.3) is 5.57 Å². The summed E-state index contributed by atoms with van der Waals surface area (Å²) < 4.78 is 35.8. The first kappa shape index (κ1) is 33.2. The van der Waals surface area contributed by atoms with Gasteiger partial charge in [-0.05, 0) is 64.7 Å². The van der Waals surface area contributed by atoms with Crippen molar-refractivity contribution in [2.45, 2.75) is 36.7 Å². The number of benzene rings is 5. The number of nitrogens with zero attached hydrogens (tertiary/aromatic N) is 2. The molecule has 0 aromatic heterocycles. The van der Waals surface area contributed by atoms with Crippen molar-refractivity contribution in [1.82, 2.24) is 0 Å². The first-order chi connectivity index (χ1) is 26.7. The van der Waals surface area contributed by atoms with Gasteiger partial charge in [0.05, 0.1) is 0 Å². The number of halogens is 2. The lowest BCUT2D eigenvalue weighted by atomic mass is 9.61. The lowest BCUT2D eigenvalue weighted by Gasteiger charge is -2.45. The Hall–Kier alpha value is -6.40. The molecule has 2 aliphatic heterocycles. The number of aliphatic imine (C=N–C) groups is 1. The van der Waals surface area contributed by atoms with E-state index in [1.165, 1.54) is 29.8 Å². The van der Waals surface area contributed by atoms with Crippen LogP contribution in [-0.2, 0) is 20.5 Å². The van der Waals surface area contributed by atoms with Crippen LogP contribution in [0, 0.1) is 11.6 Å². The number of allylic oxidation sites excluding steroid dienone is 7. The zero-order valence-corrected chi connectivity index (χ0v) is 30.6. The van der Waals surface area contributed by atoms with Crippen LogP contribution < -0.4 is 4.90 Å². The van der Waals surface area contributed by atoms with Crippen LogP contribution >= 0.6 is 0 Å². The molecule has 0 N–H and O–H groups in total. The van der Waals surface area contributed by atoms with Crippen molar-refractivity contribution in [3.63, 3.8) is 0 Å². The second-order valence-electron chi connectivity index (χ2n) is 15.3. The molecule has 10 rings (SSSR count). The van der Waals surface area contributed by atoms with Crippen LogP contribution in [0.15, 0.2) is 179 Å². The van der Waals surface area contributed by atoms with Gasteiger partial charge < -0.3 is 9.64 Å². The monoisotopic (exact) mass is 722 g/mol. The molecule has 0 saturated carbocycles. The Bertz CT molecular complexity index is 2610. The number of carbonyl (C=O) groups excluding carboxylic acids is 1. The van der Waals surface area contributed by atoms with Gasteiger partial charge in [-0.15, -0.1) is 0 Å². The van der Waals surface area contributed by atoms with E-state index in [1.807, 2.05) is 60.8 Å². The number of carbonyl (C=O) groups is 1. The Balaban J connectivity index is 1.13. The SMILES string of the molecule is CN1/C(=C\N=C2C(=O)C3=CC=C4C5=C(C=CC(c6ccc(F)cc6)(c6ccc(F)cc6)O5)c5ccccc5[C@@H]4[C@H]3c3ccccc32)C(C)(C)c2ccccc21. The van der Waals surface area contributed by atoms with Crippen molar-refractivity contribution < 1.29 is 18.3 Å². The molecule has 0 unspecified atom stereocenters. The number of Topliss-reactive ketones (excluding diaryl/α,β-unsaturated/α-hetero) is 1. The first-order valence-corrected chi connectivity index (χ1v) is 18.6. The van der Waals surface area contributed by atoms with E-state index >= 15 is 0 Å². The molecule has 0 bridgehead atoms. The fourth-order valence-electron chi connectivity index (χ4n) is 9.44. The third-order valence-corrected chi connectivity index (χ3v) is 12.1. The average molecular weight is 723 g/mol. The fourth-order valence-corrected chi connectivity index (χ4v) is 9.44. The molecule has 0 spiro atoms. The third-order valence-electron chi connectivity index (χ3n) is 12.1. The van der Waals surface area contributed by atoms with Crippen molar-refractivity contribution in [2.75, 3.05) is 11.9 Å². The molecule has 5 aliphatic rings. The summed E-state index contributed by atoms with van der Waals surface area (Å²) in [4.78, 5) is 22.0. The van der Waals surface area contributed by atoms with Gasteiger partial charge >= 0.3 is 0 Å². The van der Waals surface area contributed by atoms with E-state index in [2.05, 4.69) is 68.3 Å². The molecule has 4 nitrogen and oxygen atoms in total. The second kappa shape index (κ2) is 12.1. The number of hydrogen-bond donors (Lipinski definition) is 0. The molecule has 3 aliphatic carbocycles. The maximum Gasteiger partial charge on any atom is 0.208 e.